The number of aromatic nitrogens is 2. The van der Waals surface area contributed by atoms with Crippen LogP contribution in [-0.2, 0) is 34.2 Å². The van der Waals surface area contributed by atoms with E-state index in [-0.39, 0.29) is 5.91 Å². The average molecular weight is 467 g/mol. The van der Waals surface area contributed by atoms with Gasteiger partial charge in [-0.15, -0.1) is 0 Å². The van der Waals surface area contributed by atoms with E-state index >= 15 is 0 Å². The van der Waals surface area contributed by atoms with Crippen molar-refractivity contribution in [3.8, 4) is 0 Å². The molecule has 1 amide bonds. The summed E-state index contributed by atoms with van der Waals surface area (Å²) in [7, 11) is -3.49. The SMILES string of the molecule is CCCn1c(CCC(=O)N2CCc3ccccc32)nc2cc(S(=O)(=O)N3CCCC3)ccc21. The number of hydrogen-bond acceptors (Lipinski definition) is 4. The maximum atomic E-state index is 13.0. The Morgan fingerprint density at radius 1 is 1.06 bits per heavy atom. The van der Waals surface area contributed by atoms with Crippen LogP contribution in [-0.4, -0.2) is 47.8 Å². The molecule has 0 N–H and O–H groups in total. The molecule has 33 heavy (non-hydrogen) atoms. The largest absolute Gasteiger partial charge is 0.328 e. The molecule has 0 unspecified atom stereocenters. The molecule has 2 aromatic carbocycles. The lowest BCUT2D eigenvalue weighted by molar-refractivity contribution is -0.118. The van der Waals surface area contributed by atoms with Crippen LogP contribution in [0.2, 0.25) is 0 Å². The summed E-state index contributed by atoms with van der Waals surface area (Å²) in [6.45, 7) is 4.77. The topological polar surface area (TPSA) is 75.5 Å². The Morgan fingerprint density at radius 2 is 1.85 bits per heavy atom. The van der Waals surface area contributed by atoms with Gasteiger partial charge in [-0.3, -0.25) is 4.79 Å². The lowest BCUT2D eigenvalue weighted by atomic mass is 10.2. The van der Waals surface area contributed by atoms with Crippen molar-refractivity contribution >= 4 is 32.7 Å². The first-order chi connectivity index (χ1) is 16.0. The highest BCUT2D eigenvalue weighted by Gasteiger charge is 2.28. The van der Waals surface area contributed by atoms with Crippen LogP contribution >= 0.6 is 0 Å². The molecule has 2 aliphatic rings. The Labute approximate surface area is 195 Å². The number of imidazole rings is 1. The molecular weight excluding hydrogens is 436 g/mol. The number of nitrogens with zero attached hydrogens (tertiary/aromatic N) is 4. The molecule has 5 rings (SSSR count). The molecular formula is C25H30N4O3S. The zero-order valence-electron chi connectivity index (χ0n) is 19.0. The van der Waals surface area contributed by atoms with Crippen molar-refractivity contribution in [2.45, 2.75) is 56.9 Å². The van der Waals surface area contributed by atoms with Gasteiger partial charge in [-0.25, -0.2) is 13.4 Å². The number of sulfonamides is 1. The van der Waals surface area contributed by atoms with Crippen molar-refractivity contribution in [2.75, 3.05) is 24.5 Å². The molecule has 0 spiro atoms. The number of hydrogen-bond donors (Lipinski definition) is 0. The van der Waals surface area contributed by atoms with Gasteiger partial charge in [-0.1, -0.05) is 25.1 Å². The number of anilines is 1. The summed E-state index contributed by atoms with van der Waals surface area (Å²) in [5, 5.41) is 0. The lowest BCUT2D eigenvalue weighted by Crippen LogP contribution is -2.29. The van der Waals surface area contributed by atoms with Crippen LogP contribution in [0.4, 0.5) is 5.69 Å². The predicted octanol–water partition coefficient (Wildman–Crippen LogP) is 3.75. The number of rotatable bonds is 7. The second-order valence-corrected chi connectivity index (χ2v) is 10.8. The van der Waals surface area contributed by atoms with Crippen molar-refractivity contribution < 1.29 is 13.2 Å². The second-order valence-electron chi connectivity index (χ2n) is 8.87. The molecule has 2 aliphatic heterocycles. The van der Waals surface area contributed by atoms with Crippen molar-refractivity contribution in [2.24, 2.45) is 0 Å². The van der Waals surface area contributed by atoms with Gasteiger partial charge in [0.05, 0.1) is 15.9 Å². The van der Waals surface area contributed by atoms with E-state index in [1.165, 1.54) is 5.56 Å². The van der Waals surface area contributed by atoms with Crippen LogP contribution in [0.15, 0.2) is 47.4 Å². The Bertz CT molecular complexity index is 1290. The predicted molar refractivity (Wildman–Crippen MR) is 129 cm³/mol. The normalized spacial score (nSPS) is 16.6. The third-order valence-electron chi connectivity index (χ3n) is 6.70. The van der Waals surface area contributed by atoms with E-state index < -0.39 is 10.0 Å². The minimum Gasteiger partial charge on any atom is -0.328 e. The first kappa shape index (κ1) is 22.1. The van der Waals surface area contributed by atoms with Gasteiger partial charge in [-0.05, 0) is 55.5 Å². The van der Waals surface area contributed by atoms with E-state index in [1.807, 2.05) is 29.2 Å². The van der Waals surface area contributed by atoms with Crippen LogP contribution in [0.25, 0.3) is 11.0 Å². The lowest BCUT2D eigenvalue weighted by Gasteiger charge is -2.17. The fourth-order valence-electron chi connectivity index (χ4n) is 5.01. The number of aryl methyl sites for hydroxylation is 2. The van der Waals surface area contributed by atoms with Gasteiger partial charge < -0.3 is 9.47 Å². The molecule has 1 saturated heterocycles. The quantitative estimate of drug-likeness (QED) is 0.531. The maximum absolute atomic E-state index is 13.0. The minimum absolute atomic E-state index is 0.104. The molecule has 0 saturated carbocycles. The highest BCUT2D eigenvalue weighted by Crippen LogP contribution is 2.29. The molecule has 0 bridgehead atoms. The highest BCUT2D eigenvalue weighted by molar-refractivity contribution is 7.89. The summed E-state index contributed by atoms with van der Waals surface area (Å²) in [6.07, 6.45) is 4.55. The van der Waals surface area contributed by atoms with Gasteiger partial charge in [0, 0.05) is 44.7 Å². The summed E-state index contributed by atoms with van der Waals surface area (Å²) < 4.78 is 29.7. The summed E-state index contributed by atoms with van der Waals surface area (Å²) in [5.74, 6) is 0.941. The summed E-state index contributed by atoms with van der Waals surface area (Å²) in [4.78, 5) is 20.0. The second kappa shape index (κ2) is 8.91. The molecule has 1 aromatic heterocycles. The van der Waals surface area contributed by atoms with Crippen LogP contribution in [0.3, 0.4) is 0 Å². The first-order valence-electron chi connectivity index (χ1n) is 11.9. The molecule has 0 aliphatic carbocycles. The number of benzene rings is 2. The molecule has 0 radical (unpaired) electrons. The highest BCUT2D eigenvalue weighted by atomic mass is 32.2. The molecule has 8 heteroatoms. The third kappa shape index (κ3) is 4.06. The zero-order chi connectivity index (χ0) is 23.0. The zero-order valence-corrected chi connectivity index (χ0v) is 19.9. The maximum Gasteiger partial charge on any atom is 0.243 e. The fourth-order valence-corrected chi connectivity index (χ4v) is 6.55. The number of carbonyl (C=O) groups excluding carboxylic acids is 1. The van der Waals surface area contributed by atoms with Crippen LogP contribution in [0.5, 0.6) is 0 Å². The Morgan fingerprint density at radius 3 is 2.64 bits per heavy atom. The van der Waals surface area contributed by atoms with E-state index in [0.29, 0.717) is 36.3 Å². The van der Waals surface area contributed by atoms with E-state index in [1.54, 1.807) is 16.4 Å². The third-order valence-corrected chi connectivity index (χ3v) is 8.59. The number of fused-ring (bicyclic) bond motifs is 2. The van der Waals surface area contributed by atoms with Crippen molar-refractivity contribution in [1.29, 1.82) is 0 Å². The van der Waals surface area contributed by atoms with Crippen LogP contribution in [0.1, 0.15) is 44.0 Å². The summed E-state index contributed by atoms with van der Waals surface area (Å²) in [6, 6.07) is 13.3. The van der Waals surface area contributed by atoms with E-state index in [9.17, 15) is 13.2 Å². The smallest absolute Gasteiger partial charge is 0.243 e. The number of para-hydroxylation sites is 1. The minimum atomic E-state index is -3.49. The molecule has 174 valence electrons. The Balaban J connectivity index is 1.39. The van der Waals surface area contributed by atoms with Gasteiger partial charge in [0.25, 0.3) is 0 Å². The van der Waals surface area contributed by atoms with E-state index in [4.69, 9.17) is 4.98 Å². The van der Waals surface area contributed by atoms with Crippen molar-refractivity contribution in [3.63, 3.8) is 0 Å². The van der Waals surface area contributed by atoms with Crippen molar-refractivity contribution in [3.05, 3.63) is 53.9 Å². The van der Waals surface area contributed by atoms with Gasteiger partial charge in [0.15, 0.2) is 0 Å². The Kier molecular flexibility index (Phi) is 5.97. The van der Waals surface area contributed by atoms with Gasteiger partial charge >= 0.3 is 0 Å². The van der Waals surface area contributed by atoms with Crippen LogP contribution < -0.4 is 4.90 Å². The van der Waals surface area contributed by atoms with Gasteiger partial charge in [-0.2, -0.15) is 4.31 Å². The molecule has 0 atom stereocenters. The van der Waals surface area contributed by atoms with Crippen molar-refractivity contribution in [1.82, 2.24) is 13.9 Å². The van der Waals surface area contributed by atoms with Crippen LogP contribution in [0, 0.1) is 0 Å². The summed E-state index contributed by atoms with van der Waals surface area (Å²) >= 11 is 0. The number of amides is 1. The first-order valence-corrected chi connectivity index (χ1v) is 13.3. The van der Waals surface area contributed by atoms with Gasteiger partial charge in [0.2, 0.25) is 15.9 Å². The Hall–Kier alpha value is -2.71. The van der Waals surface area contributed by atoms with E-state index in [2.05, 4.69) is 17.6 Å². The number of carbonyl (C=O) groups is 1. The molecule has 3 heterocycles. The van der Waals surface area contributed by atoms with Gasteiger partial charge in [0.1, 0.15) is 5.82 Å². The molecule has 3 aromatic rings. The standard InChI is InChI=1S/C25H30N4O3S/c1-2-14-28-23-10-9-20(33(31,32)27-15-5-6-16-27)18-21(23)26-24(28)11-12-25(30)29-17-13-19-7-3-4-8-22(19)29/h3-4,7-10,18H,2,5-6,11-17H2,1H3. The summed E-state index contributed by atoms with van der Waals surface area (Å²) in [5.41, 5.74) is 3.83. The average Bonchev–Trinajstić information content (AvgIpc) is 3.56. The van der Waals surface area contributed by atoms with E-state index in [0.717, 1.165) is 55.8 Å². The molecule has 1 fully saturated rings. The monoisotopic (exact) mass is 466 g/mol. The molecule has 7 nitrogen and oxygen atoms in total. The fraction of sp³-hybridized carbons (Fsp3) is 0.440.